The van der Waals surface area contributed by atoms with Gasteiger partial charge in [-0.3, -0.25) is 0 Å². The van der Waals surface area contributed by atoms with Gasteiger partial charge in [0.1, 0.15) is 17.2 Å². The second kappa shape index (κ2) is 6.65. The Kier molecular flexibility index (Phi) is 4.32. The van der Waals surface area contributed by atoms with Crippen LogP contribution < -0.4 is 14.4 Å². The van der Waals surface area contributed by atoms with Gasteiger partial charge in [0.2, 0.25) is 0 Å². The van der Waals surface area contributed by atoms with E-state index in [-0.39, 0.29) is 0 Å². The second-order valence-electron chi connectivity index (χ2n) is 6.85. The van der Waals surface area contributed by atoms with Gasteiger partial charge in [0, 0.05) is 12.0 Å². The first kappa shape index (κ1) is 16.9. The molecular formula is C21H25N2O3+. The van der Waals surface area contributed by atoms with Crippen molar-refractivity contribution in [1.29, 1.82) is 0 Å². The number of benzene rings is 2. The number of β-amino-alcohol motifs (C(OH)–C–C–N with tert-alkyl or cyclic N) is 1. The fourth-order valence-electron chi connectivity index (χ4n) is 4.00. The minimum absolute atomic E-state index is 0.515. The summed E-state index contributed by atoms with van der Waals surface area (Å²) in [5, 5.41) is 11.7. The van der Waals surface area contributed by atoms with Crippen molar-refractivity contribution in [2.75, 3.05) is 32.2 Å². The first-order valence-corrected chi connectivity index (χ1v) is 9.08. The molecule has 0 unspecified atom stereocenters. The van der Waals surface area contributed by atoms with Crippen LogP contribution in [-0.4, -0.2) is 42.8 Å². The molecule has 2 aliphatic heterocycles. The second-order valence-corrected chi connectivity index (χ2v) is 6.85. The average Bonchev–Trinajstić information content (AvgIpc) is 3.02. The number of aliphatic hydroxyl groups is 1. The third kappa shape index (κ3) is 2.72. The molecule has 5 nitrogen and oxygen atoms in total. The van der Waals surface area contributed by atoms with E-state index in [1.54, 1.807) is 14.2 Å². The van der Waals surface area contributed by atoms with Crippen LogP contribution in [0.3, 0.4) is 0 Å². The molecule has 0 saturated heterocycles. The summed E-state index contributed by atoms with van der Waals surface area (Å²) in [6.45, 7) is 1.38. The zero-order valence-corrected chi connectivity index (χ0v) is 15.3. The Balaban J connectivity index is 1.73. The molecule has 1 atom stereocenters. The van der Waals surface area contributed by atoms with Crippen molar-refractivity contribution in [1.82, 2.24) is 0 Å². The molecule has 0 amide bonds. The van der Waals surface area contributed by atoms with Gasteiger partial charge in [-0.2, -0.15) is 0 Å². The van der Waals surface area contributed by atoms with Crippen molar-refractivity contribution in [3.63, 3.8) is 0 Å². The topological polar surface area (TPSA) is 44.9 Å². The van der Waals surface area contributed by atoms with Gasteiger partial charge in [-0.25, -0.2) is 9.48 Å². The van der Waals surface area contributed by atoms with Crippen molar-refractivity contribution in [2.24, 2.45) is 0 Å². The molecule has 0 aromatic heterocycles. The molecule has 1 N–H and O–H groups in total. The number of rotatable bonds is 4. The number of hydrogen-bond donors (Lipinski definition) is 1. The molecule has 0 radical (unpaired) electrons. The molecule has 5 heteroatoms. The lowest BCUT2D eigenvalue weighted by Gasteiger charge is -2.24. The number of nitrogens with zero attached hydrogens (tertiary/aromatic N) is 2. The third-order valence-corrected chi connectivity index (χ3v) is 5.42. The maximum Gasteiger partial charge on any atom is 0.271 e. The Bertz CT molecular complexity index is 814. The van der Waals surface area contributed by atoms with Crippen LogP contribution in [0.1, 0.15) is 24.8 Å². The largest absolute Gasteiger partial charge is 0.497 e. The van der Waals surface area contributed by atoms with Crippen molar-refractivity contribution < 1.29 is 19.2 Å². The Hall–Kier alpha value is -2.53. The zero-order valence-electron chi connectivity index (χ0n) is 15.3. The summed E-state index contributed by atoms with van der Waals surface area (Å²) >= 11 is 0. The van der Waals surface area contributed by atoms with Crippen LogP contribution in [-0.2, 0) is 5.72 Å². The minimum Gasteiger partial charge on any atom is -0.497 e. The van der Waals surface area contributed by atoms with Gasteiger partial charge < -0.3 is 14.6 Å². The van der Waals surface area contributed by atoms with Crippen molar-refractivity contribution in [3.8, 4) is 11.5 Å². The van der Waals surface area contributed by atoms with E-state index >= 15 is 0 Å². The molecule has 0 saturated carbocycles. The Morgan fingerprint density at radius 3 is 2.15 bits per heavy atom. The molecule has 2 heterocycles. The fraction of sp³-hybridized carbons (Fsp3) is 0.381. The van der Waals surface area contributed by atoms with Crippen LogP contribution in [0.15, 0.2) is 48.5 Å². The van der Waals surface area contributed by atoms with E-state index in [1.165, 1.54) is 5.84 Å². The molecule has 136 valence electrons. The summed E-state index contributed by atoms with van der Waals surface area (Å²) < 4.78 is 12.7. The van der Waals surface area contributed by atoms with Gasteiger partial charge in [-0.15, -0.1) is 0 Å². The van der Waals surface area contributed by atoms with E-state index < -0.39 is 5.72 Å². The standard InChI is InChI=1S/C21H25N2O3/c1-25-18-10-6-16(7-11-18)21(24)15-22(20-5-3-4-14-23(20)21)17-8-12-19(26-2)13-9-17/h6-13,24H,3-5,14-15H2,1-2H3/q+1/t21-/m1/s1. The number of ether oxygens (including phenoxy) is 2. The number of amidine groups is 1. The summed E-state index contributed by atoms with van der Waals surface area (Å²) in [5.41, 5.74) is 0.952. The summed E-state index contributed by atoms with van der Waals surface area (Å²) in [4.78, 5) is 2.24. The van der Waals surface area contributed by atoms with Crippen LogP contribution in [0, 0.1) is 0 Å². The van der Waals surface area contributed by atoms with E-state index in [2.05, 4.69) is 21.6 Å². The van der Waals surface area contributed by atoms with Gasteiger partial charge in [0.05, 0.1) is 20.8 Å². The van der Waals surface area contributed by atoms with E-state index in [1.807, 2.05) is 36.4 Å². The van der Waals surface area contributed by atoms with Crippen LogP contribution >= 0.6 is 0 Å². The highest BCUT2D eigenvalue weighted by molar-refractivity contribution is 5.96. The van der Waals surface area contributed by atoms with Crippen LogP contribution in [0.2, 0.25) is 0 Å². The van der Waals surface area contributed by atoms with Crippen molar-refractivity contribution >= 4 is 11.5 Å². The first-order chi connectivity index (χ1) is 12.7. The summed E-state index contributed by atoms with van der Waals surface area (Å²) in [6, 6.07) is 15.8. The summed E-state index contributed by atoms with van der Waals surface area (Å²) in [6.07, 6.45) is 3.22. The normalized spacial score (nSPS) is 22.3. The molecule has 0 spiro atoms. The minimum atomic E-state index is -1.03. The molecule has 0 fully saturated rings. The van der Waals surface area contributed by atoms with E-state index in [4.69, 9.17) is 9.47 Å². The molecule has 26 heavy (non-hydrogen) atoms. The maximum absolute atomic E-state index is 11.7. The van der Waals surface area contributed by atoms with Crippen LogP contribution in [0.5, 0.6) is 11.5 Å². The zero-order chi connectivity index (χ0) is 18.1. The highest BCUT2D eigenvalue weighted by atomic mass is 16.5. The molecule has 2 aromatic rings. The van der Waals surface area contributed by atoms with E-state index in [0.29, 0.717) is 6.54 Å². The highest BCUT2D eigenvalue weighted by Gasteiger charge is 2.52. The fourth-order valence-corrected chi connectivity index (χ4v) is 4.00. The number of hydrogen-bond acceptors (Lipinski definition) is 4. The van der Waals surface area contributed by atoms with Crippen molar-refractivity contribution in [3.05, 3.63) is 54.1 Å². The maximum atomic E-state index is 11.7. The summed E-state index contributed by atoms with van der Waals surface area (Å²) in [7, 11) is 3.33. The van der Waals surface area contributed by atoms with E-state index in [9.17, 15) is 5.11 Å². The SMILES string of the molecule is COc1ccc(N2C[C@@](O)(c3ccc(OC)cc3)[N+]3=C2CCCC3)cc1. The van der Waals surface area contributed by atoms with Gasteiger partial charge in [-0.05, 0) is 61.4 Å². The third-order valence-electron chi connectivity index (χ3n) is 5.42. The van der Waals surface area contributed by atoms with Gasteiger partial charge in [-0.1, -0.05) is 0 Å². The van der Waals surface area contributed by atoms with Gasteiger partial charge >= 0.3 is 0 Å². The first-order valence-electron chi connectivity index (χ1n) is 9.08. The predicted molar refractivity (Wildman–Crippen MR) is 101 cm³/mol. The predicted octanol–water partition coefficient (Wildman–Crippen LogP) is 2.96. The monoisotopic (exact) mass is 353 g/mol. The average molecular weight is 353 g/mol. The van der Waals surface area contributed by atoms with E-state index in [0.717, 1.165) is 48.6 Å². The smallest absolute Gasteiger partial charge is 0.271 e. The van der Waals surface area contributed by atoms with Crippen molar-refractivity contribution in [2.45, 2.75) is 25.0 Å². The highest BCUT2D eigenvalue weighted by Crippen LogP contribution is 2.36. The molecule has 0 aliphatic carbocycles. The lowest BCUT2D eigenvalue weighted by atomic mass is 10.0. The van der Waals surface area contributed by atoms with Gasteiger partial charge in [0.25, 0.3) is 11.6 Å². The molecular weight excluding hydrogens is 328 g/mol. The number of methoxy groups -OCH3 is 2. The van der Waals surface area contributed by atoms with Gasteiger partial charge in [0.15, 0.2) is 6.54 Å². The van der Waals surface area contributed by atoms with Crippen LogP contribution in [0.25, 0.3) is 0 Å². The quantitative estimate of drug-likeness (QED) is 0.859. The molecule has 2 aliphatic rings. The molecule has 4 rings (SSSR count). The Labute approximate surface area is 154 Å². The Morgan fingerprint density at radius 1 is 0.923 bits per heavy atom. The summed E-state index contributed by atoms with van der Waals surface area (Å²) in [5.74, 6) is 2.83. The lowest BCUT2D eigenvalue weighted by Crippen LogP contribution is -2.41. The Morgan fingerprint density at radius 2 is 1.54 bits per heavy atom. The van der Waals surface area contributed by atoms with Crippen LogP contribution in [0.4, 0.5) is 5.69 Å². The lowest BCUT2D eigenvalue weighted by molar-refractivity contribution is -0.661. The molecule has 2 aromatic carbocycles. The molecule has 0 bridgehead atoms. The number of anilines is 1.